The second kappa shape index (κ2) is 11.2. The van der Waals surface area contributed by atoms with Crippen LogP contribution < -0.4 is 10.5 Å². The van der Waals surface area contributed by atoms with Crippen molar-refractivity contribution < 1.29 is 19.7 Å². The standard InChI is InChI=1S/C25H29N5O4/c1-33-11-12-34-24-14-17(21-7-3-8-22(29-21)20(26)6-4-10-31)13-23-19(24)15-27-30(23)25-9-2-5-18(16-32)28-25/h2-3,5,7-9,13-15,20,31-32H,4,6,10-12,16,26H2,1H3. The fourth-order valence-corrected chi connectivity index (χ4v) is 3.73. The van der Waals surface area contributed by atoms with E-state index in [1.54, 1.807) is 24.1 Å². The molecule has 4 N–H and O–H groups in total. The molecule has 0 saturated carbocycles. The highest BCUT2D eigenvalue weighted by Gasteiger charge is 2.16. The van der Waals surface area contributed by atoms with Gasteiger partial charge in [0.1, 0.15) is 12.4 Å². The minimum atomic E-state index is -0.260. The number of methoxy groups -OCH3 is 1. The molecule has 9 nitrogen and oxygen atoms in total. The summed E-state index contributed by atoms with van der Waals surface area (Å²) in [6, 6.07) is 14.8. The molecule has 3 heterocycles. The summed E-state index contributed by atoms with van der Waals surface area (Å²) in [5.74, 6) is 1.25. The summed E-state index contributed by atoms with van der Waals surface area (Å²) in [5, 5.41) is 24.0. The molecule has 0 spiro atoms. The molecule has 178 valence electrons. The SMILES string of the molecule is COCCOc1cc(-c2cccc(C(N)CCCO)n2)cc2c1cnn2-c1cccc(CO)n1. The van der Waals surface area contributed by atoms with E-state index < -0.39 is 0 Å². The number of rotatable bonds is 11. The molecule has 1 unspecified atom stereocenters. The number of hydrogen-bond donors (Lipinski definition) is 3. The smallest absolute Gasteiger partial charge is 0.154 e. The number of hydrogen-bond acceptors (Lipinski definition) is 8. The van der Waals surface area contributed by atoms with Crippen molar-refractivity contribution >= 4 is 10.9 Å². The Kier molecular flexibility index (Phi) is 7.81. The summed E-state index contributed by atoms with van der Waals surface area (Å²) >= 11 is 0. The number of pyridine rings is 2. The van der Waals surface area contributed by atoms with E-state index in [-0.39, 0.29) is 19.3 Å². The minimum absolute atomic E-state index is 0.0989. The molecule has 3 aromatic heterocycles. The Balaban J connectivity index is 1.80. The first-order valence-electron chi connectivity index (χ1n) is 11.2. The van der Waals surface area contributed by atoms with Gasteiger partial charge in [-0.3, -0.25) is 4.98 Å². The van der Waals surface area contributed by atoms with Gasteiger partial charge in [-0.25, -0.2) is 9.67 Å². The van der Waals surface area contributed by atoms with E-state index in [1.165, 1.54) is 0 Å². The van der Waals surface area contributed by atoms with Crippen molar-refractivity contribution in [2.45, 2.75) is 25.5 Å². The largest absolute Gasteiger partial charge is 0.490 e. The van der Waals surface area contributed by atoms with Gasteiger partial charge in [-0.2, -0.15) is 5.10 Å². The molecule has 0 bridgehead atoms. The molecule has 0 fully saturated rings. The van der Waals surface area contributed by atoms with Crippen LogP contribution in [-0.4, -0.2) is 56.9 Å². The number of aliphatic hydroxyl groups excluding tert-OH is 2. The van der Waals surface area contributed by atoms with Crippen LogP contribution in [0.1, 0.15) is 30.3 Å². The quantitative estimate of drug-likeness (QED) is 0.290. The molecule has 0 radical (unpaired) electrons. The Hall–Kier alpha value is -3.37. The molecule has 0 aliphatic carbocycles. The predicted molar refractivity (Wildman–Crippen MR) is 129 cm³/mol. The van der Waals surface area contributed by atoms with Gasteiger partial charge in [0.15, 0.2) is 5.82 Å². The Bertz CT molecular complexity index is 1240. The summed E-state index contributed by atoms with van der Waals surface area (Å²) < 4.78 is 12.9. The maximum absolute atomic E-state index is 9.50. The highest BCUT2D eigenvalue weighted by molar-refractivity contribution is 5.90. The molecule has 0 aliphatic rings. The highest BCUT2D eigenvalue weighted by Crippen LogP contribution is 2.33. The van der Waals surface area contributed by atoms with Crippen LogP contribution in [0, 0.1) is 0 Å². The summed E-state index contributed by atoms with van der Waals surface area (Å²) in [4.78, 5) is 9.28. The van der Waals surface area contributed by atoms with Gasteiger partial charge in [-0.15, -0.1) is 0 Å². The lowest BCUT2D eigenvalue weighted by atomic mass is 10.0. The molecule has 34 heavy (non-hydrogen) atoms. The van der Waals surface area contributed by atoms with E-state index in [0.29, 0.717) is 43.3 Å². The van der Waals surface area contributed by atoms with Gasteiger partial charge in [0.05, 0.1) is 47.4 Å². The van der Waals surface area contributed by atoms with Crippen LogP contribution in [-0.2, 0) is 11.3 Å². The first-order valence-corrected chi connectivity index (χ1v) is 11.2. The molecular formula is C25H29N5O4. The van der Waals surface area contributed by atoms with Crippen LogP contribution in [0.3, 0.4) is 0 Å². The van der Waals surface area contributed by atoms with Crippen molar-refractivity contribution in [3.8, 4) is 22.8 Å². The third-order valence-electron chi connectivity index (χ3n) is 5.49. The van der Waals surface area contributed by atoms with E-state index in [1.807, 2.05) is 42.5 Å². The Morgan fingerprint density at radius 2 is 1.91 bits per heavy atom. The molecular weight excluding hydrogens is 434 g/mol. The van der Waals surface area contributed by atoms with Gasteiger partial charge in [-0.05, 0) is 49.2 Å². The van der Waals surface area contributed by atoms with Gasteiger partial charge < -0.3 is 25.4 Å². The maximum Gasteiger partial charge on any atom is 0.154 e. The average Bonchev–Trinajstić information content (AvgIpc) is 3.32. The van der Waals surface area contributed by atoms with Gasteiger partial charge in [-0.1, -0.05) is 12.1 Å². The highest BCUT2D eigenvalue weighted by atomic mass is 16.5. The lowest BCUT2D eigenvalue weighted by Gasteiger charge is -2.14. The van der Waals surface area contributed by atoms with Gasteiger partial charge in [0, 0.05) is 25.3 Å². The van der Waals surface area contributed by atoms with Crippen LogP contribution >= 0.6 is 0 Å². The van der Waals surface area contributed by atoms with E-state index in [9.17, 15) is 5.11 Å². The molecule has 1 atom stereocenters. The molecule has 0 aliphatic heterocycles. The number of nitrogens with zero attached hydrogens (tertiary/aromatic N) is 4. The number of aromatic nitrogens is 4. The maximum atomic E-state index is 9.50. The number of benzene rings is 1. The van der Waals surface area contributed by atoms with Crippen molar-refractivity contribution in [1.29, 1.82) is 0 Å². The monoisotopic (exact) mass is 463 g/mol. The predicted octanol–water partition coefficient (Wildman–Crippen LogP) is 2.77. The number of fused-ring (bicyclic) bond motifs is 1. The first kappa shape index (κ1) is 23.8. The van der Waals surface area contributed by atoms with Crippen LogP contribution in [0.15, 0.2) is 54.7 Å². The molecule has 9 heteroatoms. The second-order valence-electron chi connectivity index (χ2n) is 7.87. The molecule has 0 amide bonds. The van der Waals surface area contributed by atoms with Crippen molar-refractivity contribution in [3.63, 3.8) is 0 Å². The minimum Gasteiger partial charge on any atom is -0.490 e. The van der Waals surface area contributed by atoms with E-state index in [0.717, 1.165) is 27.9 Å². The molecule has 1 aromatic carbocycles. The van der Waals surface area contributed by atoms with E-state index >= 15 is 0 Å². The fraction of sp³-hybridized carbons (Fsp3) is 0.320. The van der Waals surface area contributed by atoms with Crippen molar-refractivity contribution in [2.24, 2.45) is 5.73 Å². The zero-order chi connectivity index (χ0) is 23.9. The normalized spacial score (nSPS) is 12.2. The zero-order valence-electron chi connectivity index (χ0n) is 19.1. The third kappa shape index (κ3) is 5.23. The fourth-order valence-electron chi connectivity index (χ4n) is 3.73. The second-order valence-corrected chi connectivity index (χ2v) is 7.87. The summed E-state index contributed by atoms with van der Waals surface area (Å²) in [6.45, 7) is 0.782. The average molecular weight is 464 g/mol. The zero-order valence-corrected chi connectivity index (χ0v) is 19.1. The van der Waals surface area contributed by atoms with Crippen molar-refractivity contribution in [1.82, 2.24) is 19.7 Å². The lowest BCUT2D eigenvalue weighted by molar-refractivity contribution is 0.147. The number of aliphatic hydroxyl groups is 2. The van der Waals surface area contributed by atoms with E-state index in [4.69, 9.17) is 25.3 Å². The topological polar surface area (TPSA) is 129 Å². The summed E-state index contributed by atoms with van der Waals surface area (Å²) in [6.07, 6.45) is 3.01. The lowest BCUT2D eigenvalue weighted by Crippen LogP contribution is -2.12. The van der Waals surface area contributed by atoms with Gasteiger partial charge in [0.2, 0.25) is 0 Å². The Labute approximate surface area is 197 Å². The number of ether oxygens (including phenoxy) is 2. The van der Waals surface area contributed by atoms with Gasteiger partial charge in [0.25, 0.3) is 0 Å². The molecule has 0 saturated heterocycles. The van der Waals surface area contributed by atoms with Crippen LogP contribution in [0.5, 0.6) is 5.75 Å². The molecule has 4 rings (SSSR count). The first-order chi connectivity index (χ1) is 16.6. The van der Waals surface area contributed by atoms with Gasteiger partial charge >= 0.3 is 0 Å². The Morgan fingerprint density at radius 3 is 2.71 bits per heavy atom. The third-order valence-corrected chi connectivity index (χ3v) is 5.49. The van der Waals surface area contributed by atoms with Crippen LogP contribution in [0.2, 0.25) is 0 Å². The molecule has 4 aromatic rings. The Morgan fingerprint density at radius 1 is 1.06 bits per heavy atom. The summed E-state index contributed by atoms with van der Waals surface area (Å²) in [7, 11) is 1.63. The van der Waals surface area contributed by atoms with Crippen LogP contribution in [0.4, 0.5) is 0 Å². The van der Waals surface area contributed by atoms with Crippen LogP contribution in [0.25, 0.3) is 28.0 Å². The van der Waals surface area contributed by atoms with Crippen molar-refractivity contribution in [3.05, 3.63) is 66.1 Å². The number of nitrogens with two attached hydrogens (primary N) is 1. The van der Waals surface area contributed by atoms with E-state index in [2.05, 4.69) is 10.1 Å². The summed E-state index contributed by atoms with van der Waals surface area (Å²) in [5.41, 5.74) is 9.99. The van der Waals surface area contributed by atoms with Crippen molar-refractivity contribution in [2.75, 3.05) is 26.9 Å².